The molecule has 130 valence electrons. The number of hydrogen-bond acceptors (Lipinski definition) is 3. The Morgan fingerprint density at radius 2 is 1.71 bits per heavy atom. The minimum absolute atomic E-state index is 0.0879. The Balaban J connectivity index is 1.98. The smallest absolute Gasteiger partial charge is 0.306 e. The summed E-state index contributed by atoms with van der Waals surface area (Å²) < 4.78 is 0. The molecule has 6 heteroatoms. The average molecular weight is 332 g/mol. The summed E-state index contributed by atoms with van der Waals surface area (Å²) in [4.78, 5) is 35.2. The summed E-state index contributed by atoms with van der Waals surface area (Å²) in [5.41, 5.74) is 1.22. The minimum Gasteiger partial charge on any atom is -0.481 e. The van der Waals surface area contributed by atoms with Crippen molar-refractivity contribution in [2.24, 2.45) is 17.8 Å². The molecule has 1 aliphatic rings. The molecule has 0 bridgehead atoms. The largest absolute Gasteiger partial charge is 0.481 e. The molecule has 1 aromatic carbocycles. The standard InChI is InChI=1S/C18H24N2O4/c1-11(2)16(21)19-14-7-4-8-15(10-14)20-17(22)12-5-3-6-13(9-12)18(23)24/h4,7-8,10-13H,3,5-6,9H2,1-2H3,(H,19,21)(H,20,22)(H,23,24). The van der Waals surface area contributed by atoms with Gasteiger partial charge in [0.15, 0.2) is 0 Å². The van der Waals surface area contributed by atoms with E-state index in [2.05, 4.69) is 10.6 Å². The van der Waals surface area contributed by atoms with Gasteiger partial charge in [0, 0.05) is 23.2 Å². The Morgan fingerprint density at radius 3 is 2.33 bits per heavy atom. The van der Waals surface area contributed by atoms with Gasteiger partial charge in [-0.3, -0.25) is 14.4 Å². The van der Waals surface area contributed by atoms with Crippen molar-refractivity contribution in [2.45, 2.75) is 39.5 Å². The van der Waals surface area contributed by atoms with Crippen LogP contribution < -0.4 is 10.6 Å². The van der Waals surface area contributed by atoms with E-state index in [0.717, 1.165) is 6.42 Å². The molecule has 1 saturated carbocycles. The monoisotopic (exact) mass is 332 g/mol. The number of amides is 2. The van der Waals surface area contributed by atoms with Crippen LogP contribution in [-0.4, -0.2) is 22.9 Å². The molecule has 0 radical (unpaired) electrons. The van der Waals surface area contributed by atoms with Gasteiger partial charge >= 0.3 is 5.97 Å². The molecule has 0 spiro atoms. The van der Waals surface area contributed by atoms with Gasteiger partial charge in [-0.1, -0.05) is 26.3 Å². The fraction of sp³-hybridized carbons (Fsp3) is 0.500. The average Bonchev–Trinajstić information content (AvgIpc) is 2.55. The van der Waals surface area contributed by atoms with Crippen LogP contribution in [0.25, 0.3) is 0 Å². The highest BCUT2D eigenvalue weighted by Crippen LogP contribution is 2.30. The highest BCUT2D eigenvalue weighted by molar-refractivity contribution is 5.95. The van der Waals surface area contributed by atoms with Crippen molar-refractivity contribution >= 4 is 29.2 Å². The molecule has 1 aromatic rings. The lowest BCUT2D eigenvalue weighted by atomic mass is 9.81. The van der Waals surface area contributed by atoms with E-state index in [-0.39, 0.29) is 23.7 Å². The zero-order valence-electron chi connectivity index (χ0n) is 14.0. The van der Waals surface area contributed by atoms with Gasteiger partial charge in [-0.05, 0) is 37.5 Å². The van der Waals surface area contributed by atoms with Gasteiger partial charge in [0.25, 0.3) is 0 Å². The lowest BCUT2D eigenvalue weighted by Crippen LogP contribution is -2.30. The number of nitrogens with one attached hydrogen (secondary N) is 2. The van der Waals surface area contributed by atoms with Gasteiger partial charge in [-0.15, -0.1) is 0 Å². The topological polar surface area (TPSA) is 95.5 Å². The first-order chi connectivity index (χ1) is 11.4. The van der Waals surface area contributed by atoms with Crippen molar-refractivity contribution in [3.8, 4) is 0 Å². The predicted octanol–water partition coefficient (Wildman–Crippen LogP) is 3.11. The summed E-state index contributed by atoms with van der Waals surface area (Å²) in [7, 11) is 0. The number of aliphatic carboxylic acids is 1. The number of carboxylic acids is 1. The van der Waals surface area contributed by atoms with Crippen LogP contribution in [0.2, 0.25) is 0 Å². The number of carbonyl (C=O) groups excluding carboxylic acids is 2. The minimum atomic E-state index is -0.828. The van der Waals surface area contributed by atoms with Crippen molar-refractivity contribution < 1.29 is 19.5 Å². The summed E-state index contributed by atoms with van der Waals surface area (Å²) in [5.74, 6) is -1.92. The second-order valence-electron chi connectivity index (χ2n) is 6.61. The van der Waals surface area contributed by atoms with E-state index < -0.39 is 11.9 Å². The first kappa shape index (κ1) is 18.0. The highest BCUT2D eigenvalue weighted by atomic mass is 16.4. The van der Waals surface area contributed by atoms with Crippen LogP contribution >= 0.6 is 0 Å². The summed E-state index contributed by atoms with van der Waals surface area (Å²) in [6, 6.07) is 6.97. The van der Waals surface area contributed by atoms with Crippen molar-refractivity contribution in [3.63, 3.8) is 0 Å². The molecule has 0 saturated heterocycles. The van der Waals surface area contributed by atoms with Gasteiger partial charge < -0.3 is 15.7 Å². The SMILES string of the molecule is CC(C)C(=O)Nc1cccc(NC(=O)C2CCCC(C(=O)O)C2)c1. The molecule has 6 nitrogen and oxygen atoms in total. The maximum atomic E-state index is 12.4. The maximum Gasteiger partial charge on any atom is 0.306 e. The van der Waals surface area contributed by atoms with E-state index in [1.807, 2.05) is 13.8 Å². The molecule has 2 atom stereocenters. The Kier molecular flexibility index (Phi) is 5.95. The van der Waals surface area contributed by atoms with Crippen LogP contribution in [-0.2, 0) is 14.4 Å². The summed E-state index contributed by atoms with van der Waals surface area (Å²) >= 11 is 0. The van der Waals surface area contributed by atoms with Crippen molar-refractivity contribution in [2.75, 3.05) is 10.6 Å². The number of hydrogen-bond donors (Lipinski definition) is 3. The number of rotatable bonds is 5. The van der Waals surface area contributed by atoms with Crippen LogP contribution in [0, 0.1) is 17.8 Å². The molecule has 24 heavy (non-hydrogen) atoms. The fourth-order valence-electron chi connectivity index (χ4n) is 2.86. The van der Waals surface area contributed by atoms with E-state index in [1.54, 1.807) is 24.3 Å². The van der Waals surface area contributed by atoms with Gasteiger partial charge in [-0.25, -0.2) is 0 Å². The molecule has 0 aliphatic heterocycles. The van der Waals surface area contributed by atoms with E-state index in [9.17, 15) is 14.4 Å². The first-order valence-electron chi connectivity index (χ1n) is 8.31. The van der Waals surface area contributed by atoms with E-state index in [0.29, 0.717) is 30.6 Å². The number of carboxylic acid groups (broad SMARTS) is 1. The second kappa shape index (κ2) is 7.95. The normalized spacial score (nSPS) is 20.5. The molecule has 2 unspecified atom stereocenters. The zero-order valence-corrected chi connectivity index (χ0v) is 14.0. The molecule has 2 amide bonds. The maximum absolute atomic E-state index is 12.4. The molecule has 3 N–H and O–H groups in total. The lowest BCUT2D eigenvalue weighted by molar-refractivity contribution is -0.143. The van der Waals surface area contributed by atoms with Crippen LogP contribution in [0.5, 0.6) is 0 Å². The molecule has 0 aromatic heterocycles. The van der Waals surface area contributed by atoms with Gasteiger partial charge in [0.2, 0.25) is 11.8 Å². The molecule has 1 fully saturated rings. The van der Waals surface area contributed by atoms with Crippen LogP contribution in [0.3, 0.4) is 0 Å². The third-order valence-corrected chi connectivity index (χ3v) is 4.32. The second-order valence-corrected chi connectivity index (χ2v) is 6.61. The Bertz CT molecular complexity index is 627. The summed E-state index contributed by atoms with van der Waals surface area (Å²) in [6.45, 7) is 3.62. The van der Waals surface area contributed by atoms with Crippen LogP contribution in [0.1, 0.15) is 39.5 Å². The third-order valence-electron chi connectivity index (χ3n) is 4.32. The number of benzene rings is 1. The third kappa shape index (κ3) is 4.81. The van der Waals surface area contributed by atoms with Gasteiger partial charge in [-0.2, -0.15) is 0 Å². The quantitative estimate of drug-likeness (QED) is 0.772. The van der Waals surface area contributed by atoms with E-state index in [4.69, 9.17) is 5.11 Å². The van der Waals surface area contributed by atoms with Crippen LogP contribution in [0.15, 0.2) is 24.3 Å². The van der Waals surface area contributed by atoms with E-state index >= 15 is 0 Å². The van der Waals surface area contributed by atoms with Crippen molar-refractivity contribution in [1.82, 2.24) is 0 Å². The molecule has 2 rings (SSSR count). The summed E-state index contributed by atoms with van der Waals surface area (Å²) in [6.07, 6.45) is 2.47. The Labute approximate surface area is 141 Å². The molecule has 1 aliphatic carbocycles. The summed E-state index contributed by atoms with van der Waals surface area (Å²) in [5, 5.41) is 14.7. The zero-order chi connectivity index (χ0) is 17.7. The Morgan fingerprint density at radius 1 is 1.08 bits per heavy atom. The molecule has 0 heterocycles. The van der Waals surface area contributed by atoms with Gasteiger partial charge in [0.05, 0.1) is 5.92 Å². The van der Waals surface area contributed by atoms with Crippen LogP contribution in [0.4, 0.5) is 11.4 Å². The van der Waals surface area contributed by atoms with E-state index in [1.165, 1.54) is 0 Å². The lowest BCUT2D eigenvalue weighted by Gasteiger charge is -2.25. The first-order valence-corrected chi connectivity index (χ1v) is 8.31. The fourth-order valence-corrected chi connectivity index (χ4v) is 2.86. The predicted molar refractivity (Wildman–Crippen MR) is 91.6 cm³/mol. The van der Waals surface area contributed by atoms with Gasteiger partial charge in [0.1, 0.15) is 0 Å². The number of anilines is 2. The molecular formula is C18H24N2O4. The van der Waals surface area contributed by atoms with Crippen molar-refractivity contribution in [3.05, 3.63) is 24.3 Å². The number of carbonyl (C=O) groups is 3. The Hall–Kier alpha value is -2.37. The molecular weight excluding hydrogens is 308 g/mol. The van der Waals surface area contributed by atoms with Crippen molar-refractivity contribution in [1.29, 1.82) is 0 Å². The highest BCUT2D eigenvalue weighted by Gasteiger charge is 2.31.